The normalized spacial score (nSPS) is 22.3. The van der Waals surface area contributed by atoms with E-state index in [4.69, 9.17) is 12.2 Å². The highest BCUT2D eigenvalue weighted by atomic mass is 32.1. The first-order chi connectivity index (χ1) is 9.70. The molecule has 0 unspecified atom stereocenters. The second-order valence-electron chi connectivity index (χ2n) is 6.84. The summed E-state index contributed by atoms with van der Waals surface area (Å²) < 4.78 is 5.68. The molecule has 0 aliphatic heterocycles. The van der Waals surface area contributed by atoms with Crippen LogP contribution in [-0.4, -0.2) is 9.13 Å². The summed E-state index contributed by atoms with van der Waals surface area (Å²) in [5, 5.41) is 0. The molecule has 0 aromatic carbocycles. The molecule has 3 rings (SSSR count). The van der Waals surface area contributed by atoms with Crippen molar-refractivity contribution in [1.29, 1.82) is 0 Å². The van der Waals surface area contributed by atoms with E-state index in [1.165, 1.54) is 64.2 Å². The average Bonchev–Trinajstić information content (AvgIpc) is 2.73. The minimum Gasteiger partial charge on any atom is -0.323 e. The Hall–Kier alpha value is -0.570. The first kappa shape index (κ1) is 14.4. The van der Waals surface area contributed by atoms with Gasteiger partial charge >= 0.3 is 0 Å². The van der Waals surface area contributed by atoms with Crippen LogP contribution < -0.4 is 0 Å². The van der Waals surface area contributed by atoms with Crippen LogP contribution in [0.1, 0.15) is 87.4 Å². The molecular formula is C17H28N2S. The van der Waals surface area contributed by atoms with Gasteiger partial charge in [-0.1, -0.05) is 38.5 Å². The van der Waals surface area contributed by atoms with Crippen LogP contribution in [-0.2, 0) is 14.1 Å². The highest BCUT2D eigenvalue weighted by molar-refractivity contribution is 7.71. The number of nitrogens with zero attached hydrogens (tertiary/aromatic N) is 2. The summed E-state index contributed by atoms with van der Waals surface area (Å²) in [7, 11) is 4.39. The van der Waals surface area contributed by atoms with E-state index in [0.717, 1.165) is 16.6 Å². The van der Waals surface area contributed by atoms with Crippen LogP contribution in [0.5, 0.6) is 0 Å². The Kier molecular flexibility index (Phi) is 4.34. The van der Waals surface area contributed by atoms with Gasteiger partial charge in [-0.15, -0.1) is 0 Å². The van der Waals surface area contributed by atoms with Crippen LogP contribution in [0, 0.1) is 4.77 Å². The smallest absolute Gasteiger partial charge is 0.179 e. The molecule has 1 aromatic heterocycles. The van der Waals surface area contributed by atoms with Gasteiger partial charge in [0.25, 0.3) is 0 Å². The van der Waals surface area contributed by atoms with Crippen molar-refractivity contribution in [3.8, 4) is 0 Å². The fourth-order valence-electron chi connectivity index (χ4n) is 4.49. The second kappa shape index (κ2) is 6.05. The highest BCUT2D eigenvalue weighted by Gasteiger charge is 2.29. The van der Waals surface area contributed by atoms with Crippen molar-refractivity contribution in [2.75, 3.05) is 0 Å². The first-order valence-electron chi connectivity index (χ1n) is 8.45. The van der Waals surface area contributed by atoms with E-state index >= 15 is 0 Å². The molecule has 0 spiro atoms. The average molecular weight is 292 g/mol. The lowest BCUT2D eigenvalue weighted by molar-refractivity contribution is 0.402. The van der Waals surface area contributed by atoms with E-state index in [1.54, 1.807) is 11.4 Å². The topological polar surface area (TPSA) is 9.86 Å². The molecule has 0 bridgehead atoms. The molecule has 1 heterocycles. The molecule has 0 N–H and O–H groups in total. The van der Waals surface area contributed by atoms with Gasteiger partial charge in [-0.3, -0.25) is 0 Å². The molecule has 112 valence electrons. The molecule has 2 saturated carbocycles. The molecule has 0 atom stereocenters. The van der Waals surface area contributed by atoms with Gasteiger partial charge in [-0.2, -0.15) is 0 Å². The van der Waals surface area contributed by atoms with Gasteiger partial charge in [-0.05, 0) is 37.9 Å². The predicted molar refractivity (Wildman–Crippen MR) is 86.9 cm³/mol. The van der Waals surface area contributed by atoms with E-state index in [1.807, 2.05) is 0 Å². The summed E-state index contributed by atoms with van der Waals surface area (Å²) in [6, 6.07) is 0. The summed E-state index contributed by atoms with van der Waals surface area (Å²) in [5.74, 6) is 1.52. The van der Waals surface area contributed by atoms with Crippen LogP contribution in [0.15, 0.2) is 0 Å². The number of hydrogen-bond donors (Lipinski definition) is 0. The third-order valence-corrected chi connectivity index (χ3v) is 6.09. The minimum atomic E-state index is 0.758. The van der Waals surface area contributed by atoms with E-state index < -0.39 is 0 Å². The Morgan fingerprint density at radius 3 is 1.40 bits per heavy atom. The Balaban J connectivity index is 2.02. The molecule has 2 nitrogen and oxygen atoms in total. The van der Waals surface area contributed by atoms with Crippen molar-refractivity contribution < 1.29 is 0 Å². The maximum Gasteiger partial charge on any atom is 0.179 e. The number of aromatic nitrogens is 2. The Bertz CT molecular complexity index is 469. The summed E-state index contributed by atoms with van der Waals surface area (Å²) in [5.41, 5.74) is 3.17. The number of hydrogen-bond acceptors (Lipinski definition) is 1. The summed E-state index contributed by atoms with van der Waals surface area (Å²) in [4.78, 5) is 0. The molecule has 0 amide bonds. The Labute approximate surface area is 128 Å². The minimum absolute atomic E-state index is 0.758. The Morgan fingerprint density at radius 2 is 1.05 bits per heavy atom. The zero-order valence-corrected chi connectivity index (χ0v) is 13.8. The molecule has 20 heavy (non-hydrogen) atoms. The van der Waals surface area contributed by atoms with Crippen LogP contribution in [0.4, 0.5) is 0 Å². The van der Waals surface area contributed by atoms with Crippen molar-refractivity contribution in [2.45, 2.75) is 76.0 Å². The SMILES string of the molecule is Cn1c(C2CCCCC2)c(C2CCCCC2)n(C)c1=S. The van der Waals surface area contributed by atoms with Crippen molar-refractivity contribution in [3.63, 3.8) is 0 Å². The summed E-state index contributed by atoms with van der Waals surface area (Å²) in [6.07, 6.45) is 13.9. The zero-order chi connectivity index (χ0) is 14.1. The van der Waals surface area contributed by atoms with Crippen molar-refractivity contribution in [3.05, 3.63) is 16.2 Å². The molecule has 0 saturated heterocycles. The Morgan fingerprint density at radius 1 is 0.700 bits per heavy atom. The van der Waals surface area contributed by atoms with E-state index in [9.17, 15) is 0 Å². The molecule has 2 aliphatic rings. The van der Waals surface area contributed by atoms with Gasteiger partial charge in [0.15, 0.2) is 4.77 Å². The lowest BCUT2D eigenvalue weighted by Crippen LogP contribution is -2.15. The van der Waals surface area contributed by atoms with Crippen molar-refractivity contribution in [1.82, 2.24) is 9.13 Å². The fraction of sp³-hybridized carbons (Fsp3) is 0.824. The van der Waals surface area contributed by atoms with Crippen LogP contribution in [0.3, 0.4) is 0 Å². The van der Waals surface area contributed by atoms with Gasteiger partial charge < -0.3 is 9.13 Å². The van der Waals surface area contributed by atoms with Gasteiger partial charge in [-0.25, -0.2) is 0 Å². The molecular weight excluding hydrogens is 264 g/mol. The maximum absolute atomic E-state index is 5.67. The number of rotatable bonds is 2. The van der Waals surface area contributed by atoms with E-state index in [2.05, 4.69) is 23.2 Å². The molecule has 3 heteroatoms. The van der Waals surface area contributed by atoms with Gasteiger partial charge in [0.05, 0.1) is 0 Å². The standard InChI is InChI=1S/C17H28N2S/c1-18-15(13-9-5-3-6-10-13)16(19(2)17(18)20)14-11-7-4-8-12-14/h13-14H,3-12H2,1-2H3. The summed E-state index contributed by atoms with van der Waals surface area (Å²) in [6.45, 7) is 0. The number of imidazole rings is 1. The monoisotopic (exact) mass is 292 g/mol. The summed E-state index contributed by atoms with van der Waals surface area (Å²) >= 11 is 5.67. The molecule has 0 radical (unpaired) electrons. The lowest BCUT2D eigenvalue weighted by Gasteiger charge is -2.28. The fourth-order valence-corrected chi connectivity index (χ4v) is 4.69. The maximum atomic E-state index is 5.67. The van der Waals surface area contributed by atoms with Crippen LogP contribution in [0.25, 0.3) is 0 Å². The van der Waals surface area contributed by atoms with Gasteiger partial charge in [0.2, 0.25) is 0 Å². The molecule has 1 aromatic rings. The predicted octanol–water partition coefficient (Wildman–Crippen LogP) is 5.19. The third kappa shape index (κ3) is 2.49. The lowest BCUT2D eigenvalue weighted by atomic mass is 9.80. The van der Waals surface area contributed by atoms with E-state index in [-0.39, 0.29) is 0 Å². The largest absolute Gasteiger partial charge is 0.323 e. The zero-order valence-electron chi connectivity index (χ0n) is 13.0. The quantitative estimate of drug-likeness (QED) is 0.682. The van der Waals surface area contributed by atoms with Crippen molar-refractivity contribution in [2.24, 2.45) is 14.1 Å². The highest BCUT2D eigenvalue weighted by Crippen LogP contribution is 2.41. The second-order valence-corrected chi connectivity index (χ2v) is 7.21. The van der Waals surface area contributed by atoms with E-state index in [0.29, 0.717) is 0 Å². The van der Waals surface area contributed by atoms with Gasteiger partial charge in [0, 0.05) is 37.3 Å². The molecule has 2 aliphatic carbocycles. The van der Waals surface area contributed by atoms with Gasteiger partial charge in [0.1, 0.15) is 0 Å². The molecule has 2 fully saturated rings. The van der Waals surface area contributed by atoms with Crippen LogP contribution in [0.2, 0.25) is 0 Å². The first-order valence-corrected chi connectivity index (χ1v) is 8.86. The van der Waals surface area contributed by atoms with Crippen molar-refractivity contribution >= 4 is 12.2 Å². The third-order valence-electron chi connectivity index (χ3n) is 5.54. The van der Waals surface area contributed by atoms with Crippen LogP contribution >= 0.6 is 12.2 Å².